The number of ether oxygens (including phenoxy) is 2. The maximum Gasteiger partial charge on any atom is 0.472 e. The van der Waals surface area contributed by atoms with E-state index < -0.39 is 57.5 Å². The normalized spacial score (nSPS) is 16.6. The molecule has 11 nitrogen and oxygen atoms in total. The molecule has 0 heterocycles. The Morgan fingerprint density at radius 3 is 2.21 bits per heavy atom. The maximum atomic E-state index is 11.6. The number of rotatable bonds is 9. The van der Waals surface area contributed by atoms with Gasteiger partial charge in [0.15, 0.2) is 6.04 Å². The molecule has 24 heavy (non-hydrogen) atoms. The van der Waals surface area contributed by atoms with Gasteiger partial charge >= 0.3 is 19.9 Å². The molecule has 0 rings (SSSR count). The van der Waals surface area contributed by atoms with Crippen molar-refractivity contribution in [1.29, 1.82) is 0 Å². The molecule has 0 saturated carbocycles. The number of carbonyl (C=O) groups excluding carboxylic acids is 2. The summed E-state index contributed by atoms with van der Waals surface area (Å²) >= 11 is 0. The van der Waals surface area contributed by atoms with Crippen LogP contribution in [0.4, 0.5) is 4.79 Å². The van der Waals surface area contributed by atoms with E-state index in [9.17, 15) is 19.0 Å². The quantitative estimate of drug-likeness (QED) is 0.307. The molecular weight excluding hydrogens is 349 g/mol. The average Bonchev–Trinajstić information content (AvgIpc) is 2.46. The Hall–Kier alpha value is -1.23. The summed E-state index contributed by atoms with van der Waals surface area (Å²) in [5.74, 6) is -0.934. The van der Waals surface area contributed by atoms with E-state index in [1.165, 1.54) is 0 Å². The molecule has 0 saturated heterocycles. The van der Waals surface area contributed by atoms with E-state index in [-0.39, 0.29) is 0 Å². The van der Waals surface area contributed by atoms with Gasteiger partial charge in [-0.3, -0.25) is 9.05 Å². The summed E-state index contributed by atoms with van der Waals surface area (Å²) in [4.78, 5) is 32.6. The van der Waals surface area contributed by atoms with Gasteiger partial charge in [0.05, 0.1) is 26.9 Å². The van der Waals surface area contributed by atoms with Gasteiger partial charge in [-0.05, 0) is 20.8 Å². The summed E-state index contributed by atoms with van der Waals surface area (Å²) in [5.41, 5.74) is -0.818. The smallest absolute Gasteiger partial charge is 0.467 e. The largest absolute Gasteiger partial charge is 0.472 e. The van der Waals surface area contributed by atoms with E-state index in [1.807, 2.05) is 0 Å². The monoisotopic (exact) mass is 373 g/mol. The number of phosphoric acid groups is 1. The Morgan fingerprint density at radius 1 is 1.21 bits per heavy atom. The van der Waals surface area contributed by atoms with E-state index >= 15 is 0 Å². The van der Waals surface area contributed by atoms with Crippen LogP contribution >= 0.6 is 7.82 Å². The van der Waals surface area contributed by atoms with E-state index in [4.69, 9.17) is 14.9 Å². The minimum absolute atomic E-state index is 0.660. The Labute approximate surface area is 139 Å². The van der Waals surface area contributed by atoms with Crippen LogP contribution in [0, 0.1) is 0 Å². The molecule has 0 spiro atoms. The van der Waals surface area contributed by atoms with Gasteiger partial charge in [-0.2, -0.15) is 0 Å². The first-order valence-corrected chi connectivity index (χ1v) is 8.38. The Balaban J connectivity index is 4.66. The number of alkyl carbamates (subject to hydrolysis) is 1. The highest BCUT2D eigenvalue weighted by Crippen LogP contribution is 2.43. The van der Waals surface area contributed by atoms with Crippen molar-refractivity contribution in [2.45, 2.75) is 38.5 Å². The summed E-state index contributed by atoms with van der Waals surface area (Å²) in [7, 11) is -3.56. The topological polar surface area (TPSA) is 161 Å². The van der Waals surface area contributed by atoms with Crippen LogP contribution in [-0.4, -0.2) is 71.8 Å². The van der Waals surface area contributed by atoms with Gasteiger partial charge in [0.1, 0.15) is 11.7 Å². The minimum Gasteiger partial charge on any atom is -0.467 e. The predicted molar refractivity (Wildman–Crippen MR) is 80.0 cm³/mol. The van der Waals surface area contributed by atoms with Crippen LogP contribution in [0.2, 0.25) is 0 Å². The van der Waals surface area contributed by atoms with Gasteiger partial charge in [0, 0.05) is 0 Å². The summed E-state index contributed by atoms with van der Waals surface area (Å²) in [5, 5.41) is 19.8. The van der Waals surface area contributed by atoms with Crippen molar-refractivity contribution in [3.63, 3.8) is 0 Å². The van der Waals surface area contributed by atoms with Crippen LogP contribution < -0.4 is 5.32 Å². The summed E-state index contributed by atoms with van der Waals surface area (Å²) < 4.78 is 30.0. The minimum atomic E-state index is -4.62. The first-order chi connectivity index (χ1) is 10.9. The number of amides is 1. The molecule has 12 heteroatoms. The molecule has 4 N–H and O–H groups in total. The Morgan fingerprint density at radius 2 is 1.75 bits per heavy atom. The number of carbonyl (C=O) groups is 2. The number of methoxy groups -OCH3 is 1. The molecule has 0 aliphatic rings. The fraction of sp³-hybridized carbons (Fsp3) is 0.833. The van der Waals surface area contributed by atoms with E-state index in [0.717, 1.165) is 7.11 Å². The highest BCUT2D eigenvalue weighted by atomic mass is 31.2. The molecule has 0 bridgehead atoms. The lowest BCUT2D eigenvalue weighted by molar-refractivity contribution is -0.144. The summed E-state index contributed by atoms with van der Waals surface area (Å²) in [6.07, 6.45) is -2.32. The Kier molecular flexibility index (Phi) is 9.41. The van der Waals surface area contributed by atoms with Crippen molar-refractivity contribution in [3.05, 3.63) is 0 Å². The Bertz CT molecular complexity index is 463. The fourth-order valence-corrected chi connectivity index (χ4v) is 1.97. The number of hydrogen-bond acceptors (Lipinski definition) is 9. The number of hydrogen-bond donors (Lipinski definition) is 4. The summed E-state index contributed by atoms with van der Waals surface area (Å²) in [6, 6.07) is -1.42. The number of aliphatic hydroxyl groups is 2. The third-order valence-electron chi connectivity index (χ3n) is 2.22. The predicted octanol–water partition coefficient (Wildman–Crippen LogP) is -0.461. The van der Waals surface area contributed by atoms with Gasteiger partial charge in [-0.15, -0.1) is 0 Å². The summed E-state index contributed by atoms with van der Waals surface area (Å²) in [6.45, 7) is 2.75. The lowest BCUT2D eigenvalue weighted by atomic mass is 10.2. The van der Waals surface area contributed by atoms with Gasteiger partial charge in [-0.1, -0.05) is 0 Å². The zero-order valence-electron chi connectivity index (χ0n) is 13.9. The van der Waals surface area contributed by atoms with Crippen LogP contribution in [0.1, 0.15) is 20.8 Å². The SMILES string of the molecule is COC(=O)C(COP(=O)(O)OC[C@H](O)CO)NC(=O)OC(C)(C)C. The van der Waals surface area contributed by atoms with Crippen molar-refractivity contribution in [2.24, 2.45) is 0 Å². The van der Waals surface area contributed by atoms with Crippen LogP contribution in [0.15, 0.2) is 0 Å². The van der Waals surface area contributed by atoms with Crippen molar-refractivity contribution in [1.82, 2.24) is 5.32 Å². The molecule has 0 radical (unpaired) electrons. The third kappa shape index (κ3) is 10.5. The third-order valence-corrected chi connectivity index (χ3v) is 3.17. The first-order valence-electron chi connectivity index (χ1n) is 6.88. The molecule has 2 unspecified atom stereocenters. The zero-order chi connectivity index (χ0) is 19.0. The van der Waals surface area contributed by atoms with Crippen molar-refractivity contribution >= 4 is 19.9 Å². The lowest BCUT2D eigenvalue weighted by Gasteiger charge is -2.23. The number of phosphoric ester groups is 1. The van der Waals surface area contributed by atoms with Crippen molar-refractivity contribution < 1.29 is 47.8 Å². The van der Waals surface area contributed by atoms with E-state index in [0.29, 0.717) is 0 Å². The number of nitrogens with one attached hydrogen (secondary N) is 1. The van der Waals surface area contributed by atoms with Crippen LogP contribution in [0.25, 0.3) is 0 Å². The van der Waals surface area contributed by atoms with Crippen LogP contribution in [-0.2, 0) is 27.9 Å². The zero-order valence-corrected chi connectivity index (χ0v) is 14.8. The molecule has 0 aromatic rings. The van der Waals surface area contributed by atoms with E-state index in [1.54, 1.807) is 20.8 Å². The highest BCUT2D eigenvalue weighted by molar-refractivity contribution is 7.47. The maximum absolute atomic E-state index is 11.6. The van der Waals surface area contributed by atoms with Gasteiger partial charge in [0.2, 0.25) is 0 Å². The van der Waals surface area contributed by atoms with Gasteiger partial charge < -0.3 is 29.9 Å². The van der Waals surface area contributed by atoms with Gasteiger partial charge in [0.25, 0.3) is 0 Å². The molecule has 0 aliphatic heterocycles. The van der Waals surface area contributed by atoms with Crippen molar-refractivity contribution in [3.8, 4) is 0 Å². The molecule has 0 aliphatic carbocycles. The fourth-order valence-electron chi connectivity index (χ4n) is 1.20. The molecular formula is C12H24NO10P. The van der Waals surface area contributed by atoms with Gasteiger partial charge in [-0.25, -0.2) is 14.2 Å². The average molecular weight is 373 g/mol. The second kappa shape index (κ2) is 9.92. The number of aliphatic hydroxyl groups excluding tert-OH is 2. The molecule has 142 valence electrons. The van der Waals surface area contributed by atoms with Crippen molar-refractivity contribution in [2.75, 3.05) is 26.9 Å². The number of esters is 1. The molecule has 0 fully saturated rings. The highest BCUT2D eigenvalue weighted by Gasteiger charge is 2.30. The molecule has 0 aromatic heterocycles. The van der Waals surface area contributed by atoms with E-state index in [2.05, 4.69) is 19.1 Å². The van der Waals surface area contributed by atoms with Crippen LogP contribution in [0.5, 0.6) is 0 Å². The standard InChI is InChI=1S/C12H24NO10P/c1-12(2,3)23-11(17)13-9(10(16)20-4)7-22-24(18,19)21-6-8(15)5-14/h8-9,14-15H,5-7H2,1-4H3,(H,13,17)(H,18,19)/t8-,9?/m1/s1. The van der Waals surface area contributed by atoms with Crippen LogP contribution in [0.3, 0.4) is 0 Å². The first kappa shape index (κ1) is 22.8. The molecule has 1 amide bonds. The second-order valence-corrected chi connectivity index (χ2v) is 7.07. The lowest BCUT2D eigenvalue weighted by Crippen LogP contribution is -2.46. The molecule has 3 atom stereocenters. The molecule has 0 aromatic carbocycles. The second-order valence-electron chi connectivity index (χ2n) is 5.62.